The lowest BCUT2D eigenvalue weighted by Gasteiger charge is -2.02. The number of carbonyl (C=O) groups is 1. The van der Waals surface area contributed by atoms with Gasteiger partial charge in [0.05, 0.1) is 0 Å². The van der Waals surface area contributed by atoms with Gasteiger partial charge >= 0.3 is 0 Å². The molecule has 1 aromatic rings. The number of carboxylic acid groups (broad SMARTS) is 1. The number of carbonyl (C=O) groups excluding carboxylic acids is 1. The Hall–Kier alpha value is -0.960. The molecule has 0 N–H and O–H groups in total. The van der Waals surface area contributed by atoms with E-state index in [9.17, 15) is 9.90 Å². The van der Waals surface area contributed by atoms with Gasteiger partial charge in [0.2, 0.25) is 0 Å². The van der Waals surface area contributed by atoms with Crippen molar-refractivity contribution in [1.82, 2.24) is 0 Å². The molecule has 1 rings (SSSR count). The van der Waals surface area contributed by atoms with Crippen LogP contribution in [-0.4, -0.2) is 18.5 Å². The highest BCUT2D eigenvalue weighted by molar-refractivity contribution is 7.95. The molecular formula is C10H12O2S. The largest absolute Gasteiger partial charge is 0.550 e. The van der Waals surface area contributed by atoms with E-state index in [1.807, 2.05) is 24.3 Å². The van der Waals surface area contributed by atoms with Crippen LogP contribution in [0.5, 0.6) is 0 Å². The van der Waals surface area contributed by atoms with Crippen LogP contribution < -0.4 is 5.11 Å². The van der Waals surface area contributed by atoms with Gasteiger partial charge in [-0.3, -0.25) is 0 Å². The molecule has 1 aromatic carbocycles. The van der Waals surface area contributed by atoms with Crippen molar-refractivity contribution in [2.75, 3.05) is 12.5 Å². The topological polar surface area (TPSA) is 40.1 Å². The zero-order chi connectivity index (χ0) is 9.84. The molecule has 70 valence electrons. The summed E-state index contributed by atoms with van der Waals surface area (Å²) < 4.78 is 0. The van der Waals surface area contributed by atoms with Gasteiger partial charge in [-0.15, -0.1) is 0 Å². The smallest absolute Gasteiger partial charge is 0.154 e. The van der Waals surface area contributed by atoms with E-state index in [1.54, 1.807) is 0 Å². The Bertz CT molecular complexity index is 290. The maximum Gasteiger partial charge on any atom is 0.154 e. The van der Waals surface area contributed by atoms with E-state index in [1.165, 1.54) is 4.90 Å². The highest BCUT2D eigenvalue weighted by atomic mass is 32.2. The van der Waals surface area contributed by atoms with Crippen molar-refractivity contribution in [2.45, 2.75) is 11.3 Å². The van der Waals surface area contributed by atoms with Gasteiger partial charge < -0.3 is 9.90 Å². The lowest BCUT2D eigenvalue weighted by molar-refractivity contribution is -0.304. The van der Waals surface area contributed by atoms with Crippen molar-refractivity contribution < 1.29 is 9.90 Å². The molecule has 0 fully saturated rings. The first kappa shape index (κ1) is 10.1. The molecule has 0 saturated heterocycles. The monoisotopic (exact) mass is 196 g/mol. The first-order chi connectivity index (χ1) is 6.09. The fourth-order valence-corrected chi connectivity index (χ4v) is 1.73. The quantitative estimate of drug-likeness (QED) is 0.649. The number of hydrogen-bond acceptors (Lipinski definition) is 2. The van der Waals surface area contributed by atoms with Gasteiger partial charge in [0.1, 0.15) is 12.5 Å². The molecule has 0 atom stereocenters. The van der Waals surface area contributed by atoms with Crippen LogP contribution in [0.1, 0.15) is 5.56 Å². The number of benzene rings is 1. The van der Waals surface area contributed by atoms with Crippen molar-refractivity contribution in [3.63, 3.8) is 0 Å². The molecule has 0 saturated carbocycles. The molecule has 0 amide bonds. The molecule has 0 aliphatic rings. The maximum atomic E-state index is 10.3. The first-order valence-electron chi connectivity index (χ1n) is 3.96. The van der Waals surface area contributed by atoms with Gasteiger partial charge in [0, 0.05) is 23.3 Å². The summed E-state index contributed by atoms with van der Waals surface area (Å²) in [6, 6.07) is 7.64. The van der Waals surface area contributed by atoms with Crippen molar-refractivity contribution in [2.24, 2.45) is 0 Å². The third kappa shape index (κ3) is 3.11. The normalized spacial score (nSPS) is 10.4. The molecule has 0 radical (unpaired) electrons. The Morgan fingerprint density at radius 2 is 1.85 bits per heavy atom. The maximum absolute atomic E-state index is 10.3. The average Bonchev–Trinajstić information content (AvgIpc) is 2.04. The highest BCUT2D eigenvalue weighted by Gasteiger charge is 2.06. The molecule has 2 nitrogen and oxygen atoms in total. The minimum Gasteiger partial charge on any atom is -0.550 e. The number of rotatable bonds is 3. The standard InChI is InChI=1S/C10H12O2S/c1-13(2)9-5-3-8(4-6-9)7-10(11)12/h3-6H,7H2,1-2H3. The van der Waals surface area contributed by atoms with Gasteiger partial charge in [0.25, 0.3) is 0 Å². The van der Waals surface area contributed by atoms with E-state index < -0.39 is 5.97 Å². The van der Waals surface area contributed by atoms with Crippen molar-refractivity contribution in [1.29, 1.82) is 0 Å². The van der Waals surface area contributed by atoms with Crippen LogP contribution in [0.2, 0.25) is 0 Å². The average molecular weight is 196 g/mol. The Morgan fingerprint density at radius 1 is 1.31 bits per heavy atom. The summed E-state index contributed by atoms with van der Waals surface area (Å²) in [6.45, 7) is 0. The first-order valence-corrected chi connectivity index (χ1v) is 6.00. The summed E-state index contributed by atoms with van der Waals surface area (Å²) in [5.74, 6) is -1.03. The van der Waals surface area contributed by atoms with Gasteiger partial charge in [-0.05, 0) is 17.7 Å². The van der Waals surface area contributed by atoms with Crippen molar-refractivity contribution in [3.05, 3.63) is 29.8 Å². The van der Waals surface area contributed by atoms with E-state index >= 15 is 0 Å². The second-order valence-electron chi connectivity index (χ2n) is 3.01. The Balaban J connectivity index is 2.75. The number of hydrogen-bond donors (Lipinski definition) is 0. The fourth-order valence-electron chi connectivity index (χ4n) is 1.05. The Morgan fingerprint density at radius 3 is 2.23 bits per heavy atom. The molecule has 0 spiro atoms. The molecule has 0 aliphatic carbocycles. The summed E-state index contributed by atoms with van der Waals surface area (Å²) in [5, 5.41) is 10.3. The number of aliphatic carboxylic acids is 1. The third-order valence-electron chi connectivity index (χ3n) is 1.74. The predicted octanol–water partition coefficient (Wildman–Crippen LogP) is 0.216. The van der Waals surface area contributed by atoms with E-state index in [0.717, 1.165) is 5.56 Å². The van der Waals surface area contributed by atoms with E-state index in [4.69, 9.17) is 0 Å². The van der Waals surface area contributed by atoms with Crippen molar-refractivity contribution in [3.8, 4) is 0 Å². The summed E-state index contributed by atoms with van der Waals surface area (Å²) in [6.07, 6.45) is 4.27. The number of carboxylic acids is 1. The van der Waals surface area contributed by atoms with Crippen LogP contribution in [0, 0.1) is 0 Å². The van der Waals surface area contributed by atoms with E-state index in [-0.39, 0.29) is 17.3 Å². The van der Waals surface area contributed by atoms with Gasteiger partial charge in [-0.2, -0.15) is 0 Å². The zero-order valence-corrected chi connectivity index (χ0v) is 8.56. The van der Waals surface area contributed by atoms with Crippen LogP contribution in [-0.2, 0) is 22.1 Å². The Kier molecular flexibility index (Phi) is 3.37. The molecule has 0 unspecified atom stereocenters. The summed E-state index contributed by atoms with van der Waals surface area (Å²) in [7, 11) is 0.237. The lowest BCUT2D eigenvalue weighted by atomic mass is 10.2. The van der Waals surface area contributed by atoms with Crippen molar-refractivity contribution >= 4 is 16.9 Å². The second-order valence-corrected chi connectivity index (χ2v) is 5.11. The molecule has 0 aromatic heterocycles. The Labute approximate surface area is 80.9 Å². The highest BCUT2D eigenvalue weighted by Crippen LogP contribution is 2.10. The molecule has 0 aliphatic heterocycles. The SMILES string of the molecule is C[S+](C)c1ccc(CC(=O)[O-])cc1. The minimum atomic E-state index is -1.03. The van der Waals surface area contributed by atoms with E-state index in [0.29, 0.717) is 0 Å². The summed E-state index contributed by atoms with van der Waals surface area (Å²) in [4.78, 5) is 11.5. The lowest BCUT2D eigenvalue weighted by Crippen LogP contribution is -2.24. The molecular weight excluding hydrogens is 184 g/mol. The molecule has 3 heteroatoms. The third-order valence-corrected chi connectivity index (χ3v) is 2.96. The fraction of sp³-hybridized carbons (Fsp3) is 0.300. The van der Waals surface area contributed by atoms with E-state index in [2.05, 4.69) is 12.5 Å². The van der Waals surface area contributed by atoms with Gasteiger partial charge in [-0.1, -0.05) is 12.1 Å². The predicted molar refractivity (Wildman–Crippen MR) is 52.6 cm³/mol. The van der Waals surface area contributed by atoms with Crippen LogP contribution in [0.15, 0.2) is 29.2 Å². The molecule has 0 heterocycles. The molecule has 13 heavy (non-hydrogen) atoms. The summed E-state index contributed by atoms with van der Waals surface area (Å²) in [5.41, 5.74) is 0.800. The minimum absolute atomic E-state index is 0.00147. The van der Waals surface area contributed by atoms with Gasteiger partial charge in [-0.25, -0.2) is 0 Å². The second kappa shape index (κ2) is 4.33. The summed E-state index contributed by atoms with van der Waals surface area (Å²) >= 11 is 0. The van der Waals surface area contributed by atoms with Crippen LogP contribution in [0.25, 0.3) is 0 Å². The van der Waals surface area contributed by atoms with Crippen LogP contribution in [0.3, 0.4) is 0 Å². The molecule has 0 bridgehead atoms. The van der Waals surface area contributed by atoms with Crippen LogP contribution in [0.4, 0.5) is 0 Å². The van der Waals surface area contributed by atoms with Crippen LogP contribution >= 0.6 is 0 Å². The zero-order valence-electron chi connectivity index (χ0n) is 7.74. The van der Waals surface area contributed by atoms with Gasteiger partial charge in [0.15, 0.2) is 4.90 Å².